The minimum absolute atomic E-state index is 0. The van der Waals surface area contributed by atoms with Gasteiger partial charge < -0.3 is 10.1 Å². The summed E-state index contributed by atoms with van der Waals surface area (Å²) in [4.78, 5) is 20.8. The average Bonchev–Trinajstić information content (AvgIpc) is 2.81. The van der Waals surface area contributed by atoms with Crippen molar-refractivity contribution in [1.82, 2.24) is 9.97 Å². The number of aromatic nitrogens is 2. The van der Waals surface area contributed by atoms with Crippen LogP contribution in [0.2, 0.25) is 0 Å². The summed E-state index contributed by atoms with van der Waals surface area (Å²) in [7, 11) is 0. The van der Waals surface area contributed by atoms with E-state index in [1.165, 1.54) is 27.8 Å². The van der Waals surface area contributed by atoms with Gasteiger partial charge in [-0.2, -0.15) is 0 Å². The fraction of sp³-hybridized carbons (Fsp3) is 0.382. The number of aliphatic hydroxyl groups excluding tert-OH is 1. The summed E-state index contributed by atoms with van der Waals surface area (Å²) in [6.45, 7) is 19.7. The molecule has 0 aliphatic carbocycles. The first kappa shape index (κ1) is 32.3. The number of hydrogen-bond acceptors (Lipinski definition) is 4. The number of carbonyl (C=O) groups is 1. The molecule has 0 bridgehead atoms. The largest absolute Gasteiger partial charge is 0.512 e. The van der Waals surface area contributed by atoms with E-state index < -0.39 is 5.41 Å². The minimum atomic E-state index is -0.417. The van der Waals surface area contributed by atoms with Crippen molar-refractivity contribution in [1.29, 1.82) is 0 Å². The molecule has 39 heavy (non-hydrogen) atoms. The van der Waals surface area contributed by atoms with Crippen molar-refractivity contribution < 1.29 is 30.0 Å². The van der Waals surface area contributed by atoms with E-state index in [-0.39, 0.29) is 37.1 Å². The van der Waals surface area contributed by atoms with E-state index in [4.69, 9.17) is 0 Å². The van der Waals surface area contributed by atoms with Gasteiger partial charge in [0.15, 0.2) is 5.78 Å². The number of nitrogens with zero attached hydrogens (tertiary/aromatic N) is 2. The van der Waals surface area contributed by atoms with Gasteiger partial charge in [0, 0.05) is 54.8 Å². The third kappa shape index (κ3) is 7.83. The molecule has 0 aliphatic rings. The Labute approximate surface area is 247 Å². The number of rotatable bonds is 3. The number of carbonyl (C=O) groups excluding carboxylic acids is 1. The van der Waals surface area contributed by atoms with Gasteiger partial charge in [-0.25, -0.2) is 0 Å². The van der Waals surface area contributed by atoms with Crippen molar-refractivity contribution in [2.45, 2.75) is 75.2 Å². The molecule has 0 atom stereocenters. The first-order valence-electron chi connectivity index (χ1n) is 13.2. The molecule has 0 fully saturated rings. The Morgan fingerprint density at radius 3 is 2.10 bits per heavy atom. The molecule has 0 saturated heterocycles. The third-order valence-electron chi connectivity index (χ3n) is 6.43. The number of pyridine rings is 2. The second-order valence-corrected chi connectivity index (χ2v) is 12.4. The summed E-state index contributed by atoms with van der Waals surface area (Å²) in [6.07, 6.45) is 5.14. The van der Waals surface area contributed by atoms with Crippen molar-refractivity contribution in [2.75, 3.05) is 0 Å². The second-order valence-electron chi connectivity index (χ2n) is 12.4. The van der Waals surface area contributed by atoms with Gasteiger partial charge in [0.05, 0.1) is 5.69 Å². The summed E-state index contributed by atoms with van der Waals surface area (Å²) in [6, 6.07) is 16.3. The first-order chi connectivity index (χ1) is 17.6. The molecule has 2 heterocycles. The fourth-order valence-electron chi connectivity index (χ4n) is 4.19. The smallest absolute Gasteiger partial charge is 0.164 e. The molecule has 4 aromatic rings. The summed E-state index contributed by atoms with van der Waals surface area (Å²) in [5.41, 5.74) is 4.79. The number of aliphatic hydroxyl groups is 1. The van der Waals surface area contributed by atoms with Crippen LogP contribution >= 0.6 is 0 Å². The third-order valence-corrected chi connectivity index (χ3v) is 6.43. The van der Waals surface area contributed by atoms with Crippen LogP contribution in [0.25, 0.3) is 32.8 Å². The van der Waals surface area contributed by atoms with Crippen LogP contribution in [0.5, 0.6) is 0 Å². The average molecular weight is 702 g/mol. The Morgan fingerprint density at radius 1 is 0.897 bits per heavy atom. The molecule has 2 aromatic carbocycles. The molecule has 1 N–H and O–H groups in total. The number of fused-ring (bicyclic) bond motifs is 3. The number of ketones is 1. The molecule has 0 unspecified atom stereocenters. The summed E-state index contributed by atoms with van der Waals surface area (Å²) < 4.78 is 0. The normalized spacial score (nSPS) is 12.2. The van der Waals surface area contributed by atoms with Crippen LogP contribution in [0.4, 0.5) is 0 Å². The molecular formula is C34H41IrN2O2-. The van der Waals surface area contributed by atoms with Crippen molar-refractivity contribution in [2.24, 2.45) is 10.8 Å². The van der Waals surface area contributed by atoms with Crippen LogP contribution in [-0.2, 0) is 24.9 Å². The van der Waals surface area contributed by atoms with Gasteiger partial charge in [-0.15, -0.1) is 34.9 Å². The maximum atomic E-state index is 11.5. The fourth-order valence-corrected chi connectivity index (χ4v) is 4.19. The van der Waals surface area contributed by atoms with Crippen molar-refractivity contribution in [3.8, 4) is 11.3 Å². The molecule has 1 radical (unpaired) electrons. The standard InChI is InChI=1S/C23H21N2.C11H20O2.Ir/c1-14(2)22-21-17(7-9-24-22)5-6-20-19(21)8-10-25-23(20)18-12-15(3)11-16(4)13-18;1-10(2,3)8(12)7-9(13)11(4,5)6;/h5-12,14H,1-4H3;7,12H,1-6H3;/q-1;;/b;8-7-;. The Morgan fingerprint density at radius 2 is 1.54 bits per heavy atom. The molecule has 0 aliphatic heterocycles. The maximum Gasteiger partial charge on any atom is 0.164 e. The predicted molar refractivity (Wildman–Crippen MR) is 160 cm³/mol. The van der Waals surface area contributed by atoms with Crippen molar-refractivity contribution in [3.63, 3.8) is 0 Å². The monoisotopic (exact) mass is 702 g/mol. The van der Waals surface area contributed by atoms with Gasteiger partial charge in [0.25, 0.3) is 0 Å². The zero-order valence-electron chi connectivity index (χ0n) is 24.9. The number of allylic oxidation sites excluding steroid dienone is 2. The van der Waals surface area contributed by atoms with Gasteiger partial charge >= 0.3 is 0 Å². The van der Waals surface area contributed by atoms with Crippen molar-refractivity contribution in [3.05, 3.63) is 83.5 Å². The van der Waals surface area contributed by atoms with Gasteiger partial charge in [0.1, 0.15) is 5.76 Å². The summed E-state index contributed by atoms with van der Waals surface area (Å²) in [5.74, 6) is 0.478. The van der Waals surface area contributed by atoms with Crippen LogP contribution in [-0.4, -0.2) is 20.9 Å². The van der Waals surface area contributed by atoms with E-state index in [0.717, 1.165) is 27.9 Å². The zero-order chi connectivity index (χ0) is 28.4. The molecular weight excluding hydrogens is 661 g/mol. The molecule has 5 heteroatoms. The van der Waals surface area contributed by atoms with Crippen molar-refractivity contribution >= 4 is 27.3 Å². The second kappa shape index (κ2) is 12.5. The SMILES string of the molecule is CC(C)(C)C(=O)/C=C(\O)C(C)(C)C.Cc1[c-]c(-c2nccc3c2ccc2ccnc(C(C)C)c23)cc(C)c1.[Ir]. The van der Waals surface area contributed by atoms with E-state index in [1.54, 1.807) is 0 Å². The molecule has 0 spiro atoms. The van der Waals surface area contributed by atoms with E-state index >= 15 is 0 Å². The summed E-state index contributed by atoms with van der Waals surface area (Å²) in [5, 5.41) is 14.4. The van der Waals surface area contributed by atoms with Crippen LogP contribution < -0.4 is 0 Å². The molecule has 4 nitrogen and oxygen atoms in total. The number of hydrogen-bond donors (Lipinski definition) is 1. The van der Waals surface area contributed by atoms with E-state index in [9.17, 15) is 9.90 Å². The van der Waals surface area contributed by atoms with Gasteiger partial charge in [-0.1, -0.05) is 81.4 Å². The van der Waals surface area contributed by atoms with Crippen LogP contribution in [0.15, 0.2) is 60.6 Å². The Kier molecular flexibility index (Phi) is 10.4. The Hall–Kier alpha value is -2.88. The Bertz CT molecular complexity index is 1490. The van der Waals surface area contributed by atoms with E-state index in [0.29, 0.717) is 5.92 Å². The first-order valence-corrected chi connectivity index (χ1v) is 13.2. The molecule has 2 aromatic heterocycles. The topological polar surface area (TPSA) is 63.1 Å². The quantitative estimate of drug-likeness (QED) is 0.100. The van der Waals surface area contributed by atoms with E-state index in [2.05, 4.69) is 80.1 Å². The summed E-state index contributed by atoms with van der Waals surface area (Å²) >= 11 is 0. The maximum absolute atomic E-state index is 11.5. The van der Waals surface area contributed by atoms with Gasteiger partial charge in [-0.3, -0.25) is 9.78 Å². The van der Waals surface area contributed by atoms with Crippen LogP contribution in [0, 0.1) is 30.7 Å². The van der Waals surface area contributed by atoms with Crippen LogP contribution in [0.3, 0.4) is 0 Å². The van der Waals surface area contributed by atoms with Crippen LogP contribution in [0.1, 0.15) is 78.1 Å². The minimum Gasteiger partial charge on any atom is -0.512 e. The molecule has 0 saturated carbocycles. The number of aryl methyl sites for hydroxylation is 2. The molecule has 209 valence electrons. The predicted octanol–water partition coefficient (Wildman–Crippen LogP) is 9.08. The molecule has 4 rings (SSSR count). The number of benzene rings is 2. The zero-order valence-corrected chi connectivity index (χ0v) is 27.3. The van der Waals surface area contributed by atoms with E-state index in [1.807, 2.05) is 53.9 Å². The molecule has 0 amide bonds. The van der Waals surface area contributed by atoms with Gasteiger partial charge in [-0.05, 0) is 39.9 Å². The van der Waals surface area contributed by atoms with Gasteiger partial charge in [0.2, 0.25) is 0 Å². The Balaban J connectivity index is 0.000000328.